The molecule has 0 aromatic carbocycles. The molecule has 176 valence electrons. The van der Waals surface area contributed by atoms with Crippen molar-refractivity contribution in [2.24, 2.45) is 5.92 Å². The molecule has 1 aliphatic carbocycles. The topological polar surface area (TPSA) is 68.2 Å². The lowest BCUT2D eigenvalue weighted by atomic mass is 10.0. The zero-order chi connectivity index (χ0) is 24.0. The van der Waals surface area contributed by atoms with Crippen LogP contribution in [-0.2, 0) is 6.18 Å². The maximum Gasteiger partial charge on any atom is 0.417 e. The van der Waals surface area contributed by atoms with Crippen LogP contribution in [0, 0.1) is 18.7 Å². The summed E-state index contributed by atoms with van der Waals surface area (Å²) in [5.74, 6) is -0.615. The number of aromatic nitrogens is 3. The van der Waals surface area contributed by atoms with Crippen molar-refractivity contribution in [3.05, 3.63) is 71.4 Å². The van der Waals surface area contributed by atoms with Crippen LogP contribution < -0.4 is 4.74 Å². The molecule has 3 aromatic heterocycles. The first-order chi connectivity index (χ1) is 16.2. The van der Waals surface area contributed by atoms with E-state index in [0.717, 1.165) is 17.8 Å². The second kappa shape index (κ2) is 8.34. The molecule has 0 N–H and O–H groups in total. The third-order valence-corrected chi connectivity index (χ3v) is 6.26. The molecule has 5 rings (SSSR count). The van der Waals surface area contributed by atoms with E-state index in [-0.39, 0.29) is 40.7 Å². The summed E-state index contributed by atoms with van der Waals surface area (Å²) in [4.78, 5) is 27.4. The maximum absolute atomic E-state index is 14.4. The monoisotopic (exact) mass is 472 g/mol. The van der Waals surface area contributed by atoms with Crippen molar-refractivity contribution < 1.29 is 27.1 Å². The Bertz CT molecular complexity index is 1230. The van der Waals surface area contributed by atoms with Crippen molar-refractivity contribution >= 4 is 5.91 Å². The van der Waals surface area contributed by atoms with Crippen LogP contribution in [0.3, 0.4) is 0 Å². The molecule has 3 aromatic rings. The molecule has 10 heteroatoms. The Balaban J connectivity index is 1.39. The van der Waals surface area contributed by atoms with E-state index in [1.165, 1.54) is 24.4 Å². The van der Waals surface area contributed by atoms with Gasteiger partial charge in [-0.1, -0.05) is 0 Å². The highest BCUT2D eigenvalue weighted by atomic mass is 19.4. The summed E-state index contributed by atoms with van der Waals surface area (Å²) in [6.45, 7) is 2.31. The number of likely N-dealkylation sites (tertiary alicyclic amines) is 1. The number of ether oxygens (including phenoxy) is 1. The zero-order valence-corrected chi connectivity index (χ0v) is 18.1. The van der Waals surface area contributed by atoms with Gasteiger partial charge in [-0.3, -0.25) is 14.8 Å². The number of amides is 1. The number of piperidine rings is 1. The Hall–Kier alpha value is -3.56. The molecular formula is C24H20F4N4O2. The lowest BCUT2D eigenvalue weighted by molar-refractivity contribution is -0.137. The predicted octanol–water partition coefficient (Wildman–Crippen LogP) is 4.69. The molecule has 34 heavy (non-hydrogen) atoms. The Kier molecular flexibility index (Phi) is 5.45. The fourth-order valence-electron chi connectivity index (χ4n) is 4.73. The van der Waals surface area contributed by atoms with Gasteiger partial charge >= 0.3 is 6.18 Å². The van der Waals surface area contributed by atoms with E-state index in [2.05, 4.69) is 15.0 Å². The molecule has 3 atom stereocenters. The van der Waals surface area contributed by atoms with Gasteiger partial charge in [0.1, 0.15) is 17.5 Å². The smallest absolute Gasteiger partial charge is 0.417 e. The van der Waals surface area contributed by atoms with Crippen LogP contribution in [0.4, 0.5) is 17.6 Å². The number of hydrogen-bond donors (Lipinski definition) is 0. The quantitative estimate of drug-likeness (QED) is 0.516. The molecule has 1 saturated heterocycles. The van der Waals surface area contributed by atoms with Gasteiger partial charge in [0.05, 0.1) is 17.2 Å². The summed E-state index contributed by atoms with van der Waals surface area (Å²) in [5, 5.41) is 0. The van der Waals surface area contributed by atoms with Gasteiger partial charge in [-0.15, -0.1) is 0 Å². The van der Waals surface area contributed by atoms with E-state index < -0.39 is 23.7 Å². The number of pyridine rings is 3. The molecule has 2 bridgehead atoms. The normalized spacial score (nSPS) is 21.7. The van der Waals surface area contributed by atoms with E-state index in [4.69, 9.17) is 4.74 Å². The van der Waals surface area contributed by atoms with Gasteiger partial charge in [-0.25, -0.2) is 9.37 Å². The van der Waals surface area contributed by atoms with Gasteiger partial charge in [0.15, 0.2) is 5.82 Å². The molecular weight excluding hydrogens is 452 g/mol. The SMILES string of the molecule is Cc1cnc(-c2ncccc2F)c(C(=O)N2C[C@H]3C[C@@H](Oc4ccc(C(F)(F)F)cn4)[C@@H]2C3)c1. The van der Waals surface area contributed by atoms with Crippen molar-refractivity contribution in [1.82, 2.24) is 19.9 Å². The average Bonchev–Trinajstić information content (AvgIpc) is 3.40. The first-order valence-electron chi connectivity index (χ1n) is 10.8. The highest BCUT2D eigenvalue weighted by Crippen LogP contribution is 2.41. The Morgan fingerprint density at radius 3 is 2.59 bits per heavy atom. The fourth-order valence-corrected chi connectivity index (χ4v) is 4.73. The number of nitrogens with zero attached hydrogens (tertiary/aromatic N) is 4. The Morgan fingerprint density at radius 1 is 1.09 bits per heavy atom. The van der Waals surface area contributed by atoms with Crippen LogP contribution in [0.2, 0.25) is 0 Å². The molecule has 1 saturated carbocycles. The fraction of sp³-hybridized carbons (Fsp3) is 0.333. The van der Waals surface area contributed by atoms with E-state index in [1.54, 1.807) is 24.1 Å². The number of hydrogen-bond acceptors (Lipinski definition) is 5. The van der Waals surface area contributed by atoms with Gasteiger partial charge in [0.25, 0.3) is 5.91 Å². The molecule has 2 aliphatic rings. The summed E-state index contributed by atoms with van der Waals surface area (Å²) >= 11 is 0. The summed E-state index contributed by atoms with van der Waals surface area (Å²) in [6.07, 6.45) is 0.227. The minimum atomic E-state index is -4.48. The Morgan fingerprint density at radius 2 is 1.91 bits per heavy atom. The predicted molar refractivity (Wildman–Crippen MR) is 113 cm³/mol. The minimum Gasteiger partial charge on any atom is -0.472 e. The van der Waals surface area contributed by atoms with Gasteiger partial charge in [-0.05, 0) is 55.5 Å². The summed E-state index contributed by atoms with van der Waals surface area (Å²) in [7, 11) is 0. The highest BCUT2D eigenvalue weighted by Gasteiger charge is 2.49. The first kappa shape index (κ1) is 22.2. The molecule has 1 aliphatic heterocycles. The molecule has 1 amide bonds. The number of aryl methyl sites for hydroxylation is 1. The van der Waals surface area contributed by atoms with Crippen LogP contribution in [0.5, 0.6) is 5.88 Å². The van der Waals surface area contributed by atoms with Crippen LogP contribution in [0.1, 0.15) is 34.3 Å². The number of carbonyl (C=O) groups is 1. The van der Waals surface area contributed by atoms with Crippen molar-refractivity contribution in [3.8, 4) is 17.3 Å². The van der Waals surface area contributed by atoms with Gasteiger partial charge < -0.3 is 9.64 Å². The van der Waals surface area contributed by atoms with E-state index in [0.29, 0.717) is 19.4 Å². The lowest BCUT2D eigenvalue weighted by Crippen LogP contribution is -2.47. The van der Waals surface area contributed by atoms with Crippen molar-refractivity contribution in [1.29, 1.82) is 0 Å². The van der Waals surface area contributed by atoms with Gasteiger partial charge in [0.2, 0.25) is 5.88 Å². The number of alkyl halides is 3. The third kappa shape index (κ3) is 4.08. The molecule has 0 radical (unpaired) electrons. The van der Waals surface area contributed by atoms with Gasteiger partial charge in [-0.2, -0.15) is 13.2 Å². The molecule has 0 unspecified atom stereocenters. The summed E-state index contributed by atoms with van der Waals surface area (Å²) < 4.78 is 58.7. The minimum absolute atomic E-state index is 0.00281. The van der Waals surface area contributed by atoms with E-state index in [1.807, 2.05) is 0 Å². The first-order valence-corrected chi connectivity index (χ1v) is 10.8. The van der Waals surface area contributed by atoms with Crippen molar-refractivity contribution in [2.45, 2.75) is 38.1 Å². The van der Waals surface area contributed by atoms with E-state index >= 15 is 0 Å². The third-order valence-electron chi connectivity index (χ3n) is 6.26. The maximum atomic E-state index is 14.4. The number of fused-ring (bicyclic) bond motifs is 2. The van der Waals surface area contributed by atoms with E-state index in [9.17, 15) is 22.4 Å². The van der Waals surface area contributed by atoms with Crippen LogP contribution in [-0.4, -0.2) is 44.4 Å². The number of carbonyl (C=O) groups excluding carboxylic acids is 1. The standard InChI is InChI=1S/C24H20F4N4O2/c1-13-7-16(21(31-10-13)22-17(25)3-2-6-29-22)23(33)32-12-14-8-18(32)19(9-14)34-20-5-4-15(11-30-20)24(26,27)28/h2-7,10-11,14,18-19H,8-9,12H2,1H3/t14-,18+,19-/m1/s1. The Labute approximate surface area is 192 Å². The van der Waals surface area contributed by atoms with Crippen molar-refractivity contribution in [2.75, 3.05) is 6.54 Å². The lowest BCUT2D eigenvalue weighted by Gasteiger charge is -2.33. The largest absolute Gasteiger partial charge is 0.472 e. The summed E-state index contributed by atoms with van der Waals surface area (Å²) in [5.41, 5.74) is 0.298. The average molecular weight is 472 g/mol. The second-order valence-electron chi connectivity index (χ2n) is 8.64. The van der Waals surface area contributed by atoms with Crippen LogP contribution in [0.25, 0.3) is 11.4 Å². The molecule has 2 fully saturated rings. The highest BCUT2D eigenvalue weighted by molar-refractivity contribution is 6.00. The molecule has 4 heterocycles. The van der Waals surface area contributed by atoms with Crippen LogP contribution in [0.15, 0.2) is 48.9 Å². The zero-order valence-electron chi connectivity index (χ0n) is 18.1. The number of rotatable bonds is 4. The van der Waals surface area contributed by atoms with Gasteiger partial charge in [0, 0.05) is 31.2 Å². The van der Waals surface area contributed by atoms with Crippen molar-refractivity contribution in [3.63, 3.8) is 0 Å². The number of halogens is 4. The molecule has 0 spiro atoms. The molecule has 6 nitrogen and oxygen atoms in total. The summed E-state index contributed by atoms with van der Waals surface area (Å²) in [6, 6.07) is 6.22. The second-order valence-corrected chi connectivity index (χ2v) is 8.64. The van der Waals surface area contributed by atoms with Crippen LogP contribution >= 0.6 is 0 Å².